The van der Waals surface area contributed by atoms with Crippen LogP contribution in [-0.2, 0) is 12.8 Å². The molecule has 2 N–H and O–H groups in total. The maximum absolute atomic E-state index is 12.9. The summed E-state index contributed by atoms with van der Waals surface area (Å²) in [6, 6.07) is 19.6. The van der Waals surface area contributed by atoms with Crippen molar-refractivity contribution < 1.29 is 4.79 Å². The highest BCUT2D eigenvalue weighted by Crippen LogP contribution is 2.22. The van der Waals surface area contributed by atoms with Crippen molar-refractivity contribution in [1.29, 1.82) is 0 Å². The number of ketones is 1. The fourth-order valence-corrected chi connectivity index (χ4v) is 4.20. The van der Waals surface area contributed by atoms with Crippen LogP contribution in [0.1, 0.15) is 33.6 Å². The van der Waals surface area contributed by atoms with E-state index >= 15 is 0 Å². The summed E-state index contributed by atoms with van der Waals surface area (Å²) in [6.07, 6.45) is 6.76. The van der Waals surface area contributed by atoms with E-state index in [0.717, 1.165) is 38.5 Å². The number of aromatic nitrogens is 3. The van der Waals surface area contributed by atoms with Crippen LogP contribution >= 0.6 is 11.6 Å². The second kappa shape index (κ2) is 8.96. The third-order valence-corrected chi connectivity index (χ3v) is 5.94. The fourth-order valence-electron chi connectivity index (χ4n) is 4.03. The molecule has 6 heteroatoms. The Balaban J connectivity index is 1.29. The minimum atomic E-state index is 0.0995. The molecule has 5 rings (SSSR count). The van der Waals surface area contributed by atoms with Crippen LogP contribution in [0.3, 0.4) is 0 Å². The third-order valence-electron chi connectivity index (χ3n) is 5.74. The number of Topliss-reactive ketones (excluding diaryl/α,β-unsaturated/α-hetero) is 1. The highest BCUT2D eigenvalue weighted by atomic mass is 35.5. The lowest BCUT2D eigenvalue weighted by Gasteiger charge is -2.07. The molecule has 5 nitrogen and oxygen atoms in total. The molecular weight excluding hydrogens is 432 g/mol. The van der Waals surface area contributed by atoms with Crippen LogP contribution in [0.15, 0.2) is 79.3 Å². The zero-order chi connectivity index (χ0) is 22.8. The normalized spacial score (nSPS) is 11.2. The van der Waals surface area contributed by atoms with Gasteiger partial charge in [-0.25, -0.2) is 4.98 Å². The maximum Gasteiger partial charge on any atom is 0.163 e. The van der Waals surface area contributed by atoms with E-state index in [1.54, 1.807) is 24.7 Å². The van der Waals surface area contributed by atoms with Crippen molar-refractivity contribution in [2.45, 2.75) is 19.3 Å². The molecule has 2 aromatic carbocycles. The smallest absolute Gasteiger partial charge is 0.163 e. The van der Waals surface area contributed by atoms with Gasteiger partial charge in [0, 0.05) is 53.5 Å². The van der Waals surface area contributed by atoms with E-state index in [-0.39, 0.29) is 5.78 Å². The lowest BCUT2D eigenvalue weighted by atomic mass is 10.00. The maximum atomic E-state index is 12.9. The summed E-state index contributed by atoms with van der Waals surface area (Å²) in [5.41, 5.74) is 10.5. The summed E-state index contributed by atoms with van der Waals surface area (Å²) < 4.78 is 0. The summed E-state index contributed by atoms with van der Waals surface area (Å²) in [5, 5.41) is 3.56. The summed E-state index contributed by atoms with van der Waals surface area (Å²) in [4.78, 5) is 25.8. The molecule has 3 aromatic heterocycles. The summed E-state index contributed by atoms with van der Waals surface area (Å²) >= 11 is 6.08. The Morgan fingerprint density at radius 1 is 0.848 bits per heavy atom. The molecule has 0 fully saturated rings. The molecule has 0 aliphatic heterocycles. The first-order valence-corrected chi connectivity index (χ1v) is 11.1. The molecule has 0 amide bonds. The number of aryl methyl sites for hydroxylation is 1. The van der Waals surface area contributed by atoms with E-state index in [0.29, 0.717) is 35.7 Å². The van der Waals surface area contributed by atoms with Gasteiger partial charge in [0.25, 0.3) is 0 Å². The van der Waals surface area contributed by atoms with Crippen molar-refractivity contribution in [3.63, 3.8) is 0 Å². The fraction of sp³-hybridized carbons (Fsp3) is 0.111. The minimum absolute atomic E-state index is 0.0995. The molecule has 0 saturated heterocycles. The topological polar surface area (TPSA) is 81.8 Å². The molecular formula is C27H21ClN4O. The molecule has 3 heterocycles. The second-order valence-corrected chi connectivity index (χ2v) is 8.50. The molecule has 0 atom stereocenters. The summed E-state index contributed by atoms with van der Waals surface area (Å²) in [5.74, 6) is 0.618. The first-order chi connectivity index (χ1) is 16.0. The van der Waals surface area contributed by atoms with Gasteiger partial charge < -0.3 is 5.73 Å². The molecule has 0 aliphatic carbocycles. The predicted octanol–water partition coefficient (Wildman–Crippen LogP) is 5.82. The van der Waals surface area contributed by atoms with Crippen LogP contribution in [0.2, 0.25) is 5.02 Å². The largest absolute Gasteiger partial charge is 0.383 e. The van der Waals surface area contributed by atoms with Crippen molar-refractivity contribution in [3.05, 3.63) is 107 Å². The van der Waals surface area contributed by atoms with Gasteiger partial charge in [-0.1, -0.05) is 35.9 Å². The Morgan fingerprint density at radius 2 is 1.67 bits per heavy atom. The van der Waals surface area contributed by atoms with Gasteiger partial charge >= 0.3 is 0 Å². The van der Waals surface area contributed by atoms with E-state index < -0.39 is 0 Å². The molecule has 0 bridgehead atoms. The van der Waals surface area contributed by atoms with Crippen LogP contribution in [0, 0.1) is 0 Å². The Morgan fingerprint density at radius 3 is 2.58 bits per heavy atom. The quantitative estimate of drug-likeness (QED) is 0.328. The van der Waals surface area contributed by atoms with Crippen LogP contribution in [-0.4, -0.2) is 20.7 Å². The number of pyridine rings is 3. The zero-order valence-corrected chi connectivity index (χ0v) is 18.6. The number of rotatable bonds is 6. The molecule has 0 aliphatic rings. The van der Waals surface area contributed by atoms with Gasteiger partial charge in [0.15, 0.2) is 5.78 Å². The van der Waals surface area contributed by atoms with Gasteiger partial charge in [0.2, 0.25) is 0 Å². The number of hydrogen-bond donors (Lipinski definition) is 1. The van der Waals surface area contributed by atoms with Gasteiger partial charge in [0.05, 0.1) is 10.5 Å². The minimum Gasteiger partial charge on any atom is -0.383 e. The van der Waals surface area contributed by atoms with Gasteiger partial charge in [-0.2, -0.15) is 0 Å². The number of nitrogens with two attached hydrogens (primary N) is 1. The van der Waals surface area contributed by atoms with Crippen LogP contribution in [0.25, 0.3) is 21.7 Å². The number of nitrogen functional groups attached to an aromatic ring is 1. The molecule has 0 saturated carbocycles. The van der Waals surface area contributed by atoms with E-state index in [1.807, 2.05) is 42.5 Å². The SMILES string of the molecule is Nc1nccc2cc(CCC(=O)c3ccnc(Cc4ccc5ncc(Cl)cc5c4)c3)ccc12. The number of carbonyl (C=O) groups is 1. The number of halogens is 1. The number of hydrogen-bond acceptors (Lipinski definition) is 5. The standard InChI is InChI=1S/C27H21ClN4O/c28-22-14-21-12-18(2-5-25(21)32-16-22)13-23-15-20(8-9-30-23)26(33)6-3-17-1-4-24-19(11-17)7-10-31-27(24)29/h1-2,4-5,7-12,14-16H,3,6,13H2,(H2,29,31). The Bertz CT molecular complexity index is 1500. The molecule has 0 spiro atoms. The molecule has 0 unspecified atom stereocenters. The number of benzene rings is 2. The molecule has 162 valence electrons. The van der Waals surface area contributed by atoms with Crippen molar-refractivity contribution in [3.8, 4) is 0 Å². The zero-order valence-electron chi connectivity index (χ0n) is 17.8. The van der Waals surface area contributed by atoms with Gasteiger partial charge in [-0.3, -0.25) is 14.8 Å². The molecule has 5 aromatic rings. The number of carbonyl (C=O) groups excluding carboxylic acids is 1. The third kappa shape index (κ3) is 4.69. The van der Waals surface area contributed by atoms with E-state index in [1.165, 1.54) is 0 Å². The second-order valence-electron chi connectivity index (χ2n) is 8.07. The van der Waals surface area contributed by atoms with E-state index in [9.17, 15) is 4.79 Å². The average molecular weight is 453 g/mol. The monoisotopic (exact) mass is 452 g/mol. The van der Waals surface area contributed by atoms with Gasteiger partial charge in [0.1, 0.15) is 5.82 Å². The Labute approximate surface area is 196 Å². The highest BCUT2D eigenvalue weighted by molar-refractivity contribution is 6.31. The van der Waals surface area contributed by atoms with E-state index in [4.69, 9.17) is 17.3 Å². The van der Waals surface area contributed by atoms with Crippen molar-refractivity contribution in [1.82, 2.24) is 15.0 Å². The lowest BCUT2D eigenvalue weighted by Crippen LogP contribution is -2.03. The van der Waals surface area contributed by atoms with Crippen molar-refractivity contribution in [2.24, 2.45) is 0 Å². The molecule has 0 radical (unpaired) electrons. The summed E-state index contributed by atoms with van der Waals surface area (Å²) in [7, 11) is 0. The van der Waals surface area contributed by atoms with Gasteiger partial charge in [-0.15, -0.1) is 0 Å². The number of nitrogens with zero attached hydrogens (tertiary/aromatic N) is 3. The Hall–Kier alpha value is -3.83. The lowest BCUT2D eigenvalue weighted by molar-refractivity contribution is 0.0982. The summed E-state index contributed by atoms with van der Waals surface area (Å²) in [6.45, 7) is 0. The number of anilines is 1. The molecule has 33 heavy (non-hydrogen) atoms. The van der Waals surface area contributed by atoms with Crippen LogP contribution < -0.4 is 5.73 Å². The van der Waals surface area contributed by atoms with Crippen LogP contribution in [0.4, 0.5) is 5.82 Å². The van der Waals surface area contributed by atoms with Crippen molar-refractivity contribution >= 4 is 44.9 Å². The van der Waals surface area contributed by atoms with Crippen molar-refractivity contribution in [2.75, 3.05) is 5.73 Å². The van der Waals surface area contributed by atoms with Crippen LogP contribution in [0.5, 0.6) is 0 Å². The predicted molar refractivity (Wildman–Crippen MR) is 133 cm³/mol. The first kappa shape index (κ1) is 21.0. The van der Waals surface area contributed by atoms with E-state index in [2.05, 4.69) is 27.1 Å². The number of fused-ring (bicyclic) bond motifs is 2. The first-order valence-electron chi connectivity index (χ1n) is 10.7. The van der Waals surface area contributed by atoms with Gasteiger partial charge in [-0.05, 0) is 59.3 Å². The highest BCUT2D eigenvalue weighted by Gasteiger charge is 2.10. The average Bonchev–Trinajstić information content (AvgIpc) is 2.82. The Kier molecular flexibility index (Phi) is 5.71.